The van der Waals surface area contributed by atoms with Crippen LogP contribution in [0.2, 0.25) is 0 Å². The van der Waals surface area contributed by atoms with Crippen molar-refractivity contribution in [2.45, 2.75) is 32.1 Å². The van der Waals surface area contributed by atoms with Crippen LogP contribution in [0.1, 0.15) is 31.2 Å². The first-order valence-corrected chi connectivity index (χ1v) is 5.85. The summed E-state index contributed by atoms with van der Waals surface area (Å²) in [6, 6.07) is 8.32. The predicted molar refractivity (Wildman–Crippen MR) is 61.6 cm³/mol. The van der Waals surface area contributed by atoms with Crippen LogP contribution >= 0.6 is 0 Å². The number of rotatable bonds is 2. The minimum atomic E-state index is -0.925. The van der Waals surface area contributed by atoms with Crippen molar-refractivity contribution in [2.75, 3.05) is 0 Å². The van der Waals surface area contributed by atoms with Gasteiger partial charge < -0.3 is 0 Å². The van der Waals surface area contributed by atoms with E-state index in [0.29, 0.717) is 19.3 Å². The van der Waals surface area contributed by atoms with Crippen molar-refractivity contribution in [3.8, 4) is 6.07 Å². The fraction of sp³-hybridized carbons (Fsp3) is 0.429. The average Bonchev–Trinajstić information content (AvgIpc) is 2.32. The molecule has 0 radical (unpaired) electrons. The normalized spacial score (nSPS) is 24.4. The molecule has 0 bridgehead atoms. The molecule has 2 nitrogen and oxygen atoms in total. The molecule has 1 atom stereocenters. The van der Waals surface area contributed by atoms with Crippen LogP contribution in [0.25, 0.3) is 0 Å². The van der Waals surface area contributed by atoms with E-state index in [1.54, 1.807) is 12.1 Å². The van der Waals surface area contributed by atoms with Crippen molar-refractivity contribution in [3.63, 3.8) is 0 Å². The molecule has 0 spiro atoms. The van der Waals surface area contributed by atoms with Crippen LogP contribution in [0, 0.1) is 22.6 Å². The molecule has 0 saturated heterocycles. The molecule has 1 aliphatic carbocycles. The second-order valence-electron chi connectivity index (χ2n) is 4.63. The number of ketones is 1. The molecule has 0 N–H and O–H groups in total. The van der Waals surface area contributed by atoms with E-state index >= 15 is 0 Å². The summed E-state index contributed by atoms with van der Waals surface area (Å²) in [6.45, 7) is 0. The van der Waals surface area contributed by atoms with E-state index in [1.807, 2.05) is 0 Å². The third-order valence-electron chi connectivity index (χ3n) is 3.40. The molecule has 88 valence electrons. The minimum Gasteiger partial charge on any atom is -0.298 e. The first-order valence-electron chi connectivity index (χ1n) is 5.85. The molecule has 1 aromatic rings. The van der Waals surface area contributed by atoms with Crippen LogP contribution in [0.4, 0.5) is 4.39 Å². The highest BCUT2D eigenvalue weighted by Crippen LogP contribution is 2.35. The third kappa shape index (κ3) is 2.36. The van der Waals surface area contributed by atoms with E-state index in [0.717, 1.165) is 18.4 Å². The highest BCUT2D eigenvalue weighted by atomic mass is 19.1. The topological polar surface area (TPSA) is 40.9 Å². The maximum atomic E-state index is 13.1. The predicted octanol–water partition coefficient (Wildman–Crippen LogP) is 3.02. The van der Waals surface area contributed by atoms with Gasteiger partial charge in [0.1, 0.15) is 11.2 Å². The standard InChI is InChI=1S/C14H14FNO/c15-12-5-3-4-11(8-12)9-14(10-16)7-2-1-6-13(14)17/h3-5,8H,1-2,6-7,9H2. The molecule has 0 aromatic heterocycles. The lowest BCUT2D eigenvalue weighted by atomic mass is 9.70. The first-order chi connectivity index (χ1) is 8.16. The lowest BCUT2D eigenvalue weighted by Gasteiger charge is -2.29. The van der Waals surface area contributed by atoms with Crippen LogP contribution in [-0.4, -0.2) is 5.78 Å². The van der Waals surface area contributed by atoms with Gasteiger partial charge in [0.15, 0.2) is 5.78 Å². The fourth-order valence-corrected chi connectivity index (χ4v) is 2.43. The molecule has 0 heterocycles. The number of halogens is 1. The van der Waals surface area contributed by atoms with Gasteiger partial charge in [-0.3, -0.25) is 4.79 Å². The quantitative estimate of drug-likeness (QED) is 0.785. The maximum absolute atomic E-state index is 13.1. The zero-order chi connectivity index (χ0) is 12.3. The summed E-state index contributed by atoms with van der Waals surface area (Å²) in [5, 5.41) is 9.28. The molecule has 1 aromatic carbocycles. The van der Waals surface area contributed by atoms with Crippen LogP contribution in [0.15, 0.2) is 24.3 Å². The Morgan fingerprint density at radius 3 is 2.88 bits per heavy atom. The summed E-state index contributed by atoms with van der Waals surface area (Å²) in [7, 11) is 0. The molecule has 1 aliphatic rings. The second-order valence-corrected chi connectivity index (χ2v) is 4.63. The van der Waals surface area contributed by atoms with Gasteiger partial charge in [-0.25, -0.2) is 4.39 Å². The van der Waals surface area contributed by atoms with Crippen molar-refractivity contribution in [1.29, 1.82) is 5.26 Å². The van der Waals surface area contributed by atoms with Crippen molar-refractivity contribution in [1.82, 2.24) is 0 Å². The van der Waals surface area contributed by atoms with Gasteiger partial charge in [0.2, 0.25) is 0 Å². The smallest absolute Gasteiger partial charge is 0.153 e. The number of nitrogens with zero attached hydrogens (tertiary/aromatic N) is 1. The number of hydrogen-bond donors (Lipinski definition) is 0. The van der Waals surface area contributed by atoms with E-state index in [4.69, 9.17) is 0 Å². The molecule has 1 fully saturated rings. The van der Waals surface area contributed by atoms with Crippen molar-refractivity contribution in [2.24, 2.45) is 5.41 Å². The van der Waals surface area contributed by atoms with Gasteiger partial charge >= 0.3 is 0 Å². The molecule has 3 heteroatoms. The Kier molecular flexibility index (Phi) is 3.23. The molecular weight excluding hydrogens is 217 g/mol. The largest absolute Gasteiger partial charge is 0.298 e. The lowest BCUT2D eigenvalue weighted by Crippen LogP contribution is -2.34. The summed E-state index contributed by atoms with van der Waals surface area (Å²) in [5.41, 5.74) is -0.201. The molecular formula is C14H14FNO. The van der Waals surface area contributed by atoms with E-state index in [2.05, 4.69) is 6.07 Å². The van der Waals surface area contributed by atoms with Crippen molar-refractivity contribution in [3.05, 3.63) is 35.6 Å². The summed E-state index contributed by atoms with van der Waals surface area (Å²) >= 11 is 0. The van der Waals surface area contributed by atoms with Gasteiger partial charge in [0.05, 0.1) is 6.07 Å². The third-order valence-corrected chi connectivity index (χ3v) is 3.40. The van der Waals surface area contributed by atoms with Gasteiger partial charge in [-0.05, 0) is 37.0 Å². The molecule has 1 saturated carbocycles. The molecule has 17 heavy (non-hydrogen) atoms. The minimum absolute atomic E-state index is 0.00973. The fourth-order valence-electron chi connectivity index (χ4n) is 2.43. The Hall–Kier alpha value is -1.69. The van der Waals surface area contributed by atoms with Crippen molar-refractivity contribution >= 4 is 5.78 Å². The summed E-state index contributed by atoms with van der Waals surface area (Å²) in [6.07, 6.45) is 3.17. The lowest BCUT2D eigenvalue weighted by molar-refractivity contribution is -0.128. The number of carbonyl (C=O) groups excluding carboxylic acids is 1. The number of benzene rings is 1. The van der Waals surface area contributed by atoms with Crippen LogP contribution in [-0.2, 0) is 11.2 Å². The number of Topliss-reactive ketones (excluding diaryl/α,β-unsaturated/α-hetero) is 1. The van der Waals surface area contributed by atoms with Gasteiger partial charge in [-0.15, -0.1) is 0 Å². The van der Waals surface area contributed by atoms with Gasteiger partial charge in [-0.2, -0.15) is 5.26 Å². The summed E-state index contributed by atoms with van der Waals surface area (Å²) < 4.78 is 13.1. The SMILES string of the molecule is N#CC1(Cc2cccc(F)c2)CCCCC1=O. The number of nitriles is 1. The zero-order valence-electron chi connectivity index (χ0n) is 9.58. The highest BCUT2D eigenvalue weighted by molar-refractivity contribution is 5.88. The van der Waals surface area contributed by atoms with E-state index in [1.165, 1.54) is 12.1 Å². The van der Waals surface area contributed by atoms with Crippen molar-refractivity contribution < 1.29 is 9.18 Å². The Bertz CT molecular complexity index is 477. The Labute approximate surface area is 100 Å². The number of hydrogen-bond acceptors (Lipinski definition) is 2. The van der Waals surface area contributed by atoms with E-state index < -0.39 is 5.41 Å². The molecule has 0 amide bonds. The summed E-state index contributed by atoms with van der Waals surface area (Å²) in [4.78, 5) is 11.9. The summed E-state index contributed by atoms with van der Waals surface area (Å²) in [5.74, 6) is -0.311. The second kappa shape index (κ2) is 4.67. The highest BCUT2D eigenvalue weighted by Gasteiger charge is 2.40. The van der Waals surface area contributed by atoms with Crippen LogP contribution in [0.3, 0.4) is 0 Å². The van der Waals surface area contributed by atoms with Gasteiger partial charge in [-0.1, -0.05) is 18.6 Å². The van der Waals surface area contributed by atoms with Gasteiger partial charge in [0, 0.05) is 6.42 Å². The Balaban J connectivity index is 2.25. The Morgan fingerprint density at radius 2 is 2.24 bits per heavy atom. The van der Waals surface area contributed by atoms with E-state index in [9.17, 15) is 14.4 Å². The van der Waals surface area contributed by atoms with Crippen LogP contribution in [0.5, 0.6) is 0 Å². The molecule has 2 rings (SSSR count). The molecule has 1 unspecified atom stereocenters. The zero-order valence-corrected chi connectivity index (χ0v) is 9.58. The van der Waals surface area contributed by atoms with Gasteiger partial charge in [0.25, 0.3) is 0 Å². The number of carbonyl (C=O) groups is 1. The van der Waals surface area contributed by atoms with Crippen LogP contribution < -0.4 is 0 Å². The van der Waals surface area contributed by atoms with E-state index in [-0.39, 0.29) is 11.6 Å². The molecule has 0 aliphatic heterocycles. The first kappa shape index (κ1) is 11.8. The monoisotopic (exact) mass is 231 g/mol. The average molecular weight is 231 g/mol. The Morgan fingerprint density at radius 1 is 1.41 bits per heavy atom. The maximum Gasteiger partial charge on any atom is 0.153 e.